The lowest BCUT2D eigenvalue weighted by Gasteiger charge is -2.41. The second-order valence-electron chi connectivity index (χ2n) is 6.04. The van der Waals surface area contributed by atoms with Crippen LogP contribution in [0.3, 0.4) is 0 Å². The molecule has 5 heteroatoms. The van der Waals surface area contributed by atoms with Crippen LogP contribution in [0.15, 0.2) is 0 Å². The topological polar surface area (TPSA) is 78.4 Å². The van der Waals surface area contributed by atoms with Crippen molar-refractivity contribution in [3.63, 3.8) is 0 Å². The summed E-state index contributed by atoms with van der Waals surface area (Å²) in [4.78, 5) is 23.2. The zero-order valence-corrected chi connectivity index (χ0v) is 12.9. The maximum absolute atomic E-state index is 11.8. The first-order chi connectivity index (χ1) is 9.43. The molecule has 0 heterocycles. The summed E-state index contributed by atoms with van der Waals surface area (Å²) < 4.78 is 0. The lowest BCUT2D eigenvalue weighted by atomic mass is 9.67. The van der Waals surface area contributed by atoms with Gasteiger partial charge < -0.3 is 15.7 Å². The highest BCUT2D eigenvalue weighted by Gasteiger charge is 2.37. The van der Waals surface area contributed by atoms with E-state index in [4.69, 9.17) is 0 Å². The summed E-state index contributed by atoms with van der Waals surface area (Å²) in [5.41, 5.74) is -0.576. The van der Waals surface area contributed by atoms with Gasteiger partial charge in [0.15, 0.2) is 0 Å². The summed E-state index contributed by atoms with van der Waals surface area (Å²) in [5.74, 6) is -0.841. The van der Waals surface area contributed by atoms with Crippen LogP contribution < -0.4 is 10.6 Å². The minimum atomic E-state index is -0.851. The SMILES string of the molecule is CCC1(CNC(=O)NCC(CC)(CC)C(=O)O)CCC1. The molecule has 20 heavy (non-hydrogen) atoms. The Kier molecular flexibility index (Phi) is 5.84. The first-order valence-corrected chi connectivity index (χ1v) is 7.69. The third-order valence-corrected chi connectivity index (χ3v) is 5.18. The van der Waals surface area contributed by atoms with Crippen molar-refractivity contribution in [1.29, 1.82) is 0 Å². The monoisotopic (exact) mass is 284 g/mol. The Morgan fingerprint density at radius 1 is 1.15 bits per heavy atom. The lowest BCUT2D eigenvalue weighted by molar-refractivity contribution is -0.149. The van der Waals surface area contributed by atoms with E-state index < -0.39 is 11.4 Å². The molecule has 0 spiro atoms. The molecule has 0 aliphatic heterocycles. The summed E-state index contributed by atoms with van der Waals surface area (Å²) >= 11 is 0. The largest absolute Gasteiger partial charge is 0.481 e. The van der Waals surface area contributed by atoms with E-state index in [1.165, 1.54) is 19.3 Å². The molecule has 1 fully saturated rings. The second-order valence-corrected chi connectivity index (χ2v) is 6.04. The van der Waals surface area contributed by atoms with E-state index >= 15 is 0 Å². The molecule has 1 aliphatic carbocycles. The van der Waals surface area contributed by atoms with E-state index in [2.05, 4.69) is 17.6 Å². The molecule has 3 N–H and O–H groups in total. The third-order valence-electron chi connectivity index (χ3n) is 5.18. The van der Waals surface area contributed by atoms with Crippen LogP contribution in [0.4, 0.5) is 4.79 Å². The average Bonchev–Trinajstić information content (AvgIpc) is 2.39. The van der Waals surface area contributed by atoms with E-state index in [0.717, 1.165) is 6.42 Å². The molecule has 0 aromatic carbocycles. The Hall–Kier alpha value is -1.26. The van der Waals surface area contributed by atoms with Crippen LogP contribution in [0.5, 0.6) is 0 Å². The number of carboxylic acid groups (broad SMARTS) is 1. The summed E-state index contributed by atoms with van der Waals surface area (Å²) in [7, 11) is 0. The van der Waals surface area contributed by atoms with Crippen LogP contribution in [0, 0.1) is 10.8 Å². The molecule has 1 aliphatic rings. The molecule has 0 bridgehead atoms. The Balaban J connectivity index is 2.40. The number of carbonyl (C=O) groups excluding carboxylic acids is 1. The molecule has 0 aromatic heterocycles. The Morgan fingerprint density at radius 2 is 1.75 bits per heavy atom. The van der Waals surface area contributed by atoms with E-state index in [9.17, 15) is 14.7 Å². The Bertz CT molecular complexity index is 342. The van der Waals surface area contributed by atoms with Gasteiger partial charge in [-0.05, 0) is 37.5 Å². The van der Waals surface area contributed by atoms with Crippen molar-refractivity contribution in [3.8, 4) is 0 Å². The fourth-order valence-electron chi connectivity index (χ4n) is 2.79. The van der Waals surface area contributed by atoms with Crippen molar-refractivity contribution in [2.75, 3.05) is 13.1 Å². The van der Waals surface area contributed by atoms with E-state index in [1.807, 2.05) is 13.8 Å². The maximum Gasteiger partial charge on any atom is 0.314 e. The molecular formula is C15H28N2O3. The first-order valence-electron chi connectivity index (χ1n) is 7.69. The van der Waals surface area contributed by atoms with Crippen LogP contribution in [0.2, 0.25) is 0 Å². The number of hydrogen-bond donors (Lipinski definition) is 3. The normalized spacial score (nSPS) is 17.1. The smallest absolute Gasteiger partial charge is 0.314 e. The first kappa shape index (κ1) is 16.8. The second kappa shape index (κ2) is 6.95. The van der Waals surface area contributed by atoms with Gasteiger partial charge in [0.1, 0.15) is 0 Å². The van der Waals surface area contributed by atoms with Crippen LogP contribution in [0.25, 0.3) is 0 Å². The zero-order valence-electron chi connectivity index (χ0n) is 12.9. The minimum Gasteiger partial charge on any atom is -0.481 e. The van der Waals surface area contributed by atoms with Gasteiger partial charge >= 0.3 is 12.0 Å². The van der Waals surface area contributed by atoms with E-state index in [-0.39, 0.29) is 18.0 Å². The molecule has 0 aromatic rings. The Labute approximate surface area is 121 Å². The van der Waals surface area contributed by atoms with Gasteiger partial charge in [0.05, 0.1) is 5.41 Å². The van der Waals surface area contributed by atoms with Gasteiger partial charge in [-0.3, -0.25) is 4.79 Å². The lowest BCUT2D eigenvalue weighted by Crippen LogP contribution is -2.49. The van der Waals surface area contributed by atoms with Crippen LogP contribution in [-0.2, 0) is 4.79 Å². The third kappa shape index (κ3) is 3.64. The molecule has 116 valence electrons. The highest BCUT2D eigenvalue weighted by Crippen LogP contribution is 2.42. The predicted molar refractivity (Wildman–Crippen MR) is 78.6 cm³/mol. The highest BCUT2D eigenvalue weighted by molar-refractivity contribution is 5.78. The number of aliphatic carboxylic acids is 1. The summed E-state index contributed by atoms with van der Waals surface area (Å²) in [6, 6.07) is -0.253. The number of hydrogen-bond acceptors (Lipinski definition) is 2. The van der Waals surface area contributed by atoms with Crippen LogP contribution in [-0.4, -0.2) is 30.2 Å². The highest BCUT2D eigenvalue weighted by atomic mass is 16.4. The number of urea groups is 1. The number of carboxylic acids is 1. The molecule has 0 unspecified atom stereocenters. The van der Waals surface area contributed by atoms with Crippen molar-refractivity contribution in [2.45, 2.75) is 59.3 Å². The predicted octanol–water partition coefficient (Wildman–Crippen LogP) is 2.76. The fraction of sp³-hybridized carbons (Fsp3) is 0.867. The summed E-state index contributed by atoms with van der Waals surface area (Å²) in [6.45, 7) is 6.71. The van der Waals surface area contributed by atoms with Gasteiger partial charge in [-0.1, -0.05) is 27.2 Å². The maximum atomic E-state index is 11.8. The molecule has 2 amide bonds. The minimum absolute atomic E-state index is 0.181. The van der Waals surface area contributed by atoms with Gasteiger partial charge in [-0.25, -0.2) is 4.79 Å². The molecule has 1 rings (SSSR count). The molecular weight excluding hydrogens is 256 g/mol. The molecule has 0 saturated heterocycles. The average molecular weight is 284 g/mol. The van der Waals surface area contributed by atoms with Gasteiger partial charge in [-0.2, -0.15) is 0 Å². The van der Waals surface area contributed by atoms with Gasteiger partial charge in [0.2, 0.25) is 0 Å². The number of carbonyl (C=O) groups is 2. The number of nitrogens with one attached hydrogen (secondary N) is 2. The van der Waals surface area contributed by atoms with Gasteiger partial charge in [0.25, 0.3) is 0 Å². The molecule has 1 saturated carbocycles. The standard InChI is InChI=1S/C15H28N2O3/c1-4-14(8-7-9-14)10-16-13(20)17-11-15(5-2,6-3)12(18)19/h4-11H2,1-3H3,(H,18,19)(H2,16,17,20). The number of rotatable bonds is 8. The zero-order chi connectivity index (χ0) is 15.2. The molecule has 5 nitrogen and oxygen atoms in total. The van der Waals surface area contributed by atoms with E-state index in [0.29, 0.717) is 19.4 Å². The van der Waals surface area contributed by atoms with Crippen molar-refractivity contribution in [1.82, 2.24) is 10.6 Å². The van der Waals surface area contributed by atoms with Crippen molar-refractivity contribution < 1.29 is 14.7 Å². The quantitative estimate of drug-likeness (QED) is 0.641. The van der Waals surface area contributed by atoms with Gasteiger partial charge in [0, 0.05) is 13.1 Å². The van der Waals surface area contributed by atoms with Crippen LogP contribution in [0.1, 0.15) is 59.3 Å². The van der Waals surface area contributed by atoms with Gasteiger partial charge in [-0.15, -0.1) is 0 Å². The fourth-order valence-corrected chi connectivity index (χ4v) is 2.79. The van der Waals surface area contributed by atoms with E-state index in [1.54, 1.807) is 0 Å². The molecule has 0 atom stereocenters. The van der Waals surface area contributed by atoms with Crippen molar-refractivity contribution >= 4 is 12.0 Å². The molecule has 0 radical (unpaired) electrons. The van der Waals surface area contributed by atoms with Crippen LogP contribution >= 0.6 is 0 Å². The van der Waals surface area contributed by atoms with Crippen molar-refractivity contribution in [2.24, 2.45) is 10.8 Å². The summed E-state index contributed by atoms with van der Waals surface area (Å²) in [5, 5.41) is 14.9. The van der Waals surface area contributed by atoms with Crippen molar-refractivity contribution in [3.05, 3.63) is 0 Å². The summed E-state index contributed by atoms with van der Waals surface area (Å²) in [6.07, 6.45) is 5.69. The Morgan fingerprint density at radius 3 is 2.10 bits per heavy atom. The number of amides is 2.